The van der Waals surface area contributed by atoms with Gasteiger partial charge in [0.1, 0.15) is 4.70 Å². The van der Waals surface area contributed by atoms with E-state index < -0.39 is 5.69 Å². The number of fused-ring (bicyclic) bond motifs is 1. The third-order valence-corrected chi connectivity index (χ3v) is 5.51. The Bertz CT molecular complexity index is 1000. The van der Waals surface area contributed by atoms with E-state index in [9.17, 15) is 9.59 Å². The zero-order valence-electron chi connectivity index (χ0n) is 12.8. The molecule has 0 unspecified atom stereocenters. The summed E-state index contributed by atoms with van der Waals surface area (Å²) in [5, 5.41) is 1.35. The van der Waals surface area contributed by atoms with Crippen LogP contribution in [0.5, 0.6) is 0 Å². The molecule has 0 spiro atoms. The Morgan fingerprint density at radius 1 is 1.08 bits per heavy atom. The van der Waals surface area contributed by atoms with Gasteiger partial charge in [-0.25, -0.2) is 14.3 Å². The van der Waals surface area contributed by atoms with Crippen LogP contribution in [0, 0.1) is 0 Å². The Hall–Kier alpha value is -2.12. The number of nitrogens with zero attached hydrogens (tertiary/aromatic N) is 3. The van der Waals surface area contributed by atoms with Crippen LogP contribution in [0.25, 0.3) is 16.0 Å². The van der Waals surface area contributed by atoms with Gasteiger partial charge in [0.2, 0.25) is 0 Å². The van der Waals surface area contributed by atoms with E-state index in [4.69, 9.17) is 11.6 Å². The van der Waals surface area contributed by atoms with Gasteiger partial charge in [0.25, 0.3) is 5.56 Å². The topological polar surface area (TPSA) is 71.0 Å². The van der Waals surface area contributed by atoms with E-state index in [-0.39, 0.29) is 5.56 Å². The molecule has 1 aliphatic heterocycles. The number of piperidine rings is 1. The first-order chi connectivity index (χ1) is 11.6. The lowest BCUT2D eigenvalue weighted by atomic mass is 10.1. The molecule has 0 saturated carbocycles. The Kier molecular flexibility index (Phi) is 3.90. The molecule has 24 heavy (non-hydrogen) atoms. The fourth-order valence-corrected chi connectivity index (χ4v) is 4.06. The number of hydrogen-bond donors (Lipinski definition) is 1. The maximum Gasteiger partial charge on any atom is 0.334 e. The minimum absolute atomic E-state index is 0.350. The summed E-state index contributed by atoms with van der Waals surface area (Å²) in [7, 11) is 0. The highest BCUT2D eigenvalue weighted by molar-refractivity contribution is 7.22. The first kappa shape index (κ1) is 15.4. The highest BCUT2D eigenvalue weighted by Crippen LogP contribution is 2.27. The lowest BCUT2D eigenvalue weighted by molar-refractivity contribution is 0.577. The molecule has 0 amide bonds. The summed E-state index contributed by atoms with van der Waals surface area (Å²) in [6.45, 7) is 1.88. The molecule has 3 heterocycles. The summed E-state index contributed by atoms with van der Waals surface area (Å²) >= 11 is 7.21. The maximum absolute atomic E-state index is 12.8. The van der Waals surface area contributed by atoms with Gasteiger partial charge in [-0.05, 0) is 43.5 Å². The summed E-state index contributed by atoms with van der Waals surface area (Å²) in [6.07, 6.45) is 3.48. The number of aromatic nitrogens is 3. The minimum Gasteiger partial charge on any atom is -0.348 e. The number of thiazole rings is 1. The molecule has 1 N–H and O–H groups in total. The van der Waals surface area contributed by atoms with Gasteiger partial charge in [-0.15, -0.1) is 0 Å². The van der Waals surface area contributed by atoms with Gasteiger partial charge in [0.15, 0.2) is 10.8 Å². The lowest BCUT2D eigenvalue weighted by Gasteiger charge is -2.25. The van der Waals surface area contributed by atoms with Gasteiger partial charge in [0.05, 0.1) is 5.69 Å². The summed E-state index contributed by atoms with van der Waals surface area (Å²) in [5.74, 6) is 0. The number of anilines is 1. The second kappa shape index (κ2) is 6.07. The van der Waals surface area contributed by atoms with Crippen molar-refractivity contribution in [2.75, 3.05) is 18.0 Å². The van der Waals surface area contributed by atoms with Crippen LogP contribution < -0.4 is 16.1 Å². The SMILES string of the molecule is O=c1[nH]c2nc(N3CCCCC3)sc2c(=O)n1-c1ccc(Cl)cc1. The number of nitrogens with one attached hydrogen (secondary N) is 1. The van der Waals surface area contributed by atoms with Crippen molar-refractivity contribution in [1.82, 2.24) is 14.5 Å². The van der Waals surface area contributed by atoms with Crippen molar-refractivity contribution in [2.24, 2.45) is 0 Å². The van der Waals surface area contributed by atoms with E-state index in [1.54, 1.807) is 24.3 Å². The molecule has 1 aromatic carbocycles. The molecule has 2 aromatic heterocycles. The van der Waals surface area contributed by atoms with E-state index >= 15 is 0 Å². The van der Waals surface area contributed by atoms with Crippen molar-refractivity contribution in [3.8, 4) is 5.69 Å². The Balaban J connectivity index is 1.86. The van der Waals surface area contributed by atoms with Crippen LogP contribution >= 0.6 is 22.9 Å². The van der Waals surface area contributed by atoms with Crippen molar-refractivity contribution in [2.45, 2.75) is 19.3 Å². The molecule has 8 heteroatoms. The highest BCUT2D eigenvalue weighted by atomic mass is 35.5. The average molecular weight is 363 g/mol. The molecule has 6 nitrogen and oxygen atoms in total. The Morgan fingerprint density at radius 2 is 1.79 bits per heavy atom. The average Bonchev–Trinajstić information content (AvgIpc) is 3.02. The number of hydrogen-bond acceptors (Lipinski definition) is 5. The molecule has 0 radical (unpaired) electrons. The standard InChI is InChI=1S/C16H15ClN4O2S/c17-10-4-6-11(7-5-10)21-14(22)12-13(18-15(21)23)19-16(24-12)20-8-2-1-3-9-20/h4-7H,1-3,8-9H2,(H,18,23). The van der Waals surface area contributed by atoms with Crippen molar-refractivity contribution in [3.05, 3.63) is 50.1 Å². The van der Waals surface area contributed by atoms with Crippen LogP contribution in [0.3, 0.4) is 0 Å². The van der Waals surface area contributed by atoms with Crippen LogP contribution in [0.4, 0.5) is 5.13 Å². The first-order valence-corrected chi connectivity index (χ1v) is 9.00. The Labute approximate surface area is 146 Å². The fourth-order valence-electron chi connectivity index (χ4n) is 2.93. The Morgan fingerprint density at radius 3 is 2.50 bits per heavy atom. The number of rotatable bonds is 2. The molecule has 0 aliphatic carbocycles. The quantitative estimate of drug-likeness (QED) is 0.761. The molecular weight excluding hydrogens is 348 g/mol. The van der Waals surface area contributed by atoms with Crippen LogP contribution in [0.2, 0.25) is 5.02 Å². The summed E-state index contributed by atoms with van der Waals surface area (Å²) in [6, 6.07) is 6.60. The highest BCUT2D eigenvalue weighted by Gasteiger charge is 2.19. The van der Waals surface area contributed by atoms with Gasteiger partial charge in [-0.2, -0.15) is 0 Å². The molecule has 3 aromatic rings. The zero-order chi connectivity index (χ0) is 16.7. The van der Waals surface area contributed by atoms with E-state index in [2.05, 4.69) is 14.9 Å². The third kappa shape index (κ3) is 2.63. The second-order valence-corrected chi connectivity index (χ2v) is 7.18. The molecule has 1 fully saturated rings. The van der Waals surface area contributed by atoms with Gasteiger partial charge in [-0.1, -0.05) is 22.9 Å². The van der Waals surface area contributed by atoms with Gasteiger partial charge in [-0.3, -0.25) is 9.78 Å². The van der Waals surface area contributed by atoms with E-state index in [0.717, 1.165) is 35.6 Å². The largest absolute Gasteiger partial charge is 0.348 e. The van der Waals surface area contributed by atoms with Crippen molar-refractivity contribution in [1.29, 1.82) is 0 Å². The number of benzene rings is 1. The van der Waals surface area contributed by atoms with Gasteiger partial charge >= 0.3 is 5.69 Å². The first-order valence-electron chi connectivity index (χ1n) is 7.80. The molecule has 1 aliphatic rings. The molecule has 124 valence electrons. The van der Waals surface area contributed by atoms with Crippen LogP contribution in [-0.2, 0) is 0 Å². The van der Waals surface area contributed by atoms with E-state index in [0.29, 0.717) is 21.1 Å². The summed E-state index contributed by atoms with van der Waals surface area (Å²) < 4.78 is 1.58. The summed E-state index contributed by atoms with van der Waals surface area (Å²) in [4.78, 5) is 34.5. The smallest absolute Gasteiger partial charge is 0.334 e. The van der Waals surface area contributed by atoms with Gasteiger partial charge < -0.3 is 4.90 Å². The van der Waals surface area contributed by atoms with E-state index in [1.165, 1.54) is 17.8 Å². The van der Waals surface area contributed by atoms with Crippen LogP contribution in [0.1, 0.15) is 19.3 Å². The predicted octanol–water partition coefficient (Wildman–Crippen LogP) is 2.78. The van der Waals surface area contributed by atoms with Crippen molar-refractivity contribution >= 4 is 38.4 Å². The zero-order valence-corrected chi connectivity index (χ0v) is 14.4. The van der Waals surface area contributed by atoms with Gasteiger partial charge in [0, 0.05) is 18.1 Å². The molecule has 4 rings (SSSR count). The van der Waals surface area contributed by atoms with Crippen molar-refractivity contribution in [3.63, 3.8) is 0 Å². The second-order valence-electron chi connectivity index (χ2n) is 5.77. The van der Waals surface area contributed by atoms with Crippen LogP contribution in [-0.4, -0.2) is 27.6 Å². The fraction of sp³-hybridized carbons (Fsp3) is 0.312. The van der Waals surface area contributed by atoms with Crippen LogP contribution in [0.15, 0.2) is 33.9 Å². The number of halogens is 1. The third-order valence-electron chi connectivity index (χ3n) is 4.15. The summed E-state index contributed by atoms with van der Waals surface area (Å²) in [5.41, 5.74) is 0.00316. The molecular formula is C16H15ClN4O2S. The normalized spacial score (nSPS) is 15.1. The molecule has 0 atom stereocenters. The maximum atomic E-state index is 12.8. The minimum atomic E-state index is -0.495. The monoisotopic (exact) mass is 362 g/mol. The van der Waals surface area contributed by atoms with E-state index in [1.807, 2.05) is 0 Å². The molecule has 0 bridgehead atoms. The number of aromatic amines is 1. The molecule has 1 saturated heterocycles. The number of H-pyrrole nitrogens is 1. The lowest BCUT2D eigenvalue weighted by Crippen LogP contribution is -2.33. The van der Waals surface area contributed by atoms with Crippen molar-refractivity contribution < 1.29 is 0 Å². The predicted molar refractivity (Wildman–Crippen MR) is 96.9 cm³/mol.